The van der Waals surface area contributed by atoms with Crippen LogP contribution in [0.2, 0.25) is 0 Å². The lowest BCUT2D eigenvalue weighted by molar-refractivity contribution is -0.129. The molecule has 10 heteroatoms. The minimum absolute atomic E-state index is 0.0507. The Morgan fingerprint density at radius 3 is 2.81 bits per heavy atom. The maximum absolute atomic E-state index is 12.2. The van der Waals surface area contributed by atoms with Gasteiger partial charge in [0.1, 0.15) is 0 Å². The predicted molar refractivity (Wildman–Crippen MR) is 77.4 cm³/mol. The molecular weight excluding hydrogens is 316 g/mol. The Hall–Kier alpha value is -1.13. The fourth-order valence-electron chi connectivity index (χ4n) is 2.24. The lowest BCUT2D eigenvalue weighted by atomic mass is 10.2. The van der Waals surface area contributed by atoms with Crippen molar-refractivity contribution in [3.05, 3.63) is 5.89 Å². The standard InChI is InChI=1S/C11H18N4O4S2/c1-2-15(8-3-4-21(17,18)7-8)10(16)6-20-11-14-13-9(5-12)19-11/h8H,2-7,12H2,1H3. The van der Waals surface area contributed by atoms with Crippen LogP contribution in [-0.4, -0.2) is 59.3 Å². The van der Waals surface area contributed by atoms with E-state index in [0.717, 1.165) is 11.8 Å². The number of amides is 1. The van der Waals surface area contributed by atoms with Crippen LogP contribution in [0.4, 0.5) is 0 Å². The van der Waals surface area contributed by atoms with Crippen LogP contribution in [0.5, 0.6) is 0 Å². The van der Waals surface area contributed by atoms with Crippen molar-refractivity contribution in [1.82, 2.24) is 15.1 Å². The molecule has 1 saturated heterocycles. The molecule has 1 unspecified atom stereocenters. The van der Waals surface area contributed by atoms with Crippen LogP contribution in [0.15, 0.2) is 9.64 Å². The third kappa shape index (κ3) is 4.17. The van der Waals surface area contributed by atoms with Gasteiger partial charge in [0.25, 0.3) is 5.22 Å². The molecule has 0 bridgehead atoms. The monoisotopic (exact) mass is 334 g/mol. The van der Waals surface area contributed by atoms with E-state index in [0.29, 0.717) is 24.1 Å². The van der Waals surface area contributed by atoms with E-state index in [9.17, 15) is 13.2 Å². The maximum atomic E-state index is 12.2. The molecule has 0 aromatic carbocycles. The second-order valence-corrected chi connectivity index (χ2v) is 7.85. The average Bonchev–Trinajstić information content (AvgIpc) is 3.04. The molecule has 0 spiro atoms. The van der Waals surface area contributed by atoms with Gasteiger partial charge in [-0.3, -0.25) is 4.79 Å². The molecule has 1 amide bonds. The SMILES string of the molecule is CCN(C(=O)CSc1nnc(CN)o1)C1CCS(=O)(=O)C1. The summed E-state index contributed by atoms with van der Waals surface area (Å²) in [5.41, 5.74) is 5.36. The lowest BCUT2D eigenvalue weighted by Crippen LogP contribution is -2.41. The molecule has 0 radical (unpaired) electrons. The number of carbonyl (C=O) groups is 1. The topological polar surface area (TPSA) is 119 Å². The van der Waals surface area contributed by atoms with E-state index in [2.05, 4.69) is 10.2 Å². The molecule has 0 aliphatic carbocycles. The van der Waals surface area contributed by atoms with Gasteiger partial charge < -0.3 is 15.1 Å². The third-order valence-corrected chi connectivity index (χ3v) is 5.81. The number of rotatable bonds is 6. The highest BCUT2D eigenvalue weighted by atomic mass is 32.2. The van der Waals surface area contributed by atoms with Gasteiger partial charge in [-0.2, -0.15) is 0 Å². The number of hydrogen-bond acceptors (Lipinski definition) is 8. The van der Waals surface area contributed by atoms with Crippen molar-refractivity contribution in [3.8, 4) is 0 Å². The molecule has 1 aliphatic heterocycles. The Kier molecular flexibility index (Phi) is 5.22. The minimum atomic E-state index is -3.01. The summed E-state index contributed by atoms with van der Waals surface area (Å²) in [6, 6.07) is -0.226. The molecule has 0 saturated carbocycles. The molecule has 1 aromatic heterocycles. The van der Waals surface area contributed by atoms with Crippen LogP contribution in [0.3, 0.4) is 0 Å². The van der Waals surface area contributed by atoms with Crippen LogP contribution in [0, 0.1) is 0 Å². The van der Waals surface area contributed by atoms with Gasteiger partial charge in [-0.25, -0.2) is 8.42 Å². The van der Waals surface area contributed by atoms with Gasteiger partial charge in [-0.05, 0) is 13.3 Å². The van der Waals surface area contributed by atoms with Crippen LogP contribution >= 0.6 is 11.8 Å². The summed E-state index contributed by atoms with van der Waals surface area (Å²) in [5.74, 6) is 0.528. The van der Waals surface area contributed by atoms with Gasteiger partial charge in [-0.1, -0.05) is 11.8 Å². The number of thioether (sulfide) groups is 1. The van der Waals surface area contributed by atoms with Crippen LogP contribution in [0.25, 0.3) is 0 Å². The Balaban J connectivity index is 1.91. The largest absolute Gasteiger partial charge is 0.415 e. The fraction of sp³-hybridized carbons (Fsp3) is 0.727. The lowest BCUT2D eigenvalue weighted by Gasteiger charge is -2.26. The molecular formula is C11H18N4O4S2. The molecule has 1 fully saturated rings. The Morgan fingerprint density at radius 1 is 1.52 bits per heavy atom. The first kappa shape index (κ1) is 16.2. The Bertz CT molecular complexity index is 601. The molecule has 8 nitrogen and oxygen atoms in total. The first-order valence-electron chi connectivity index (χ1n) is 6.60. The van der Waals surface area contributed by atoms with Gasteiger partial charge in [0.2, 0.25) is 11.8 Å². The Labute approximate surface area is 127 Å². The number of nitrogens with two attached hydrogens (primary N) is 1. The van der Waals surface area contributed by atoms with Crippen molar-refractivity contribution in [2.24, 2.45) is 5.73 Å². The van der Waals surface area contributed by atoms with Crippen molar-refractivity contribution in [2.45, 2.75) is 31.2 Å². The minimum Gasteiger partial charge on any atom is -0.415 e. The molecule has 2 heterocycles. The van der Waals surface area contributed by atoms with Gasteiger partial charge in [0.05, 0.1) is 23.8 Å². The van der Waals surface area contributed by atoms with E-state index in [1.165, 1.54) is 0 Å². The van der Waals surface area contributed by atoms with E-state index >= 15 is 0 Å². The van der Waals surface area contributed by atoms with Crippen molar-refractivity contribution in [2.75, 3.05) is 23.8 Å². The zero-order chi connectivity index (χ0) is 15.5. The van der Waals surface area contributed by atoms with Crippen LogP contribution in [0.1, 0.15) is 19.2 Å². The van der Waals surface area contributed by atoms with E-state index in [-0.39, 0.29) is 35.8 Å². The average molecular weight is 334 g/mol. The van der Waals surface area contributed by atoms with Crippen LogP contribution < -0.4 is 5.73 Å². The zero-order valence-corrected chi connectivity index (χ0v) is 13.3. The Morgan fingerprint density at radius 2 is 2.29 bits per heavy atom. The van der Waals surface area contributed by atoms with Gasteiger partial charge in [-0.15, -0.1) is 10.2 Å². The molecule has 1 atom stereocenters. The smallest absolute Gasteiger partial charge is 0.277 e. The summed E-state index contributed by atoms with van der Waals surface area (Å²) < 4.78 is 28.2. The maximum Gasteiger partial charge on any atom is 0.277 e. The van der Waals surface area contributed by atoms with E-state index in [1.54, 1.807) is 4.90 Å². The first-order valence-corrected chi connectivity index (χ1v) is 9.41. The summed E-state index contributed by atoms with van der Waals surface area (Å²) in [7, 11) is -3.01. The molecule has 2 rings (SSSR count). The quantitative estimate of drug-likeness (QED) is 0.701. The summed E-state index contributed by atoms with van der Waals surface area (Å²) in [4.78, 5) is 13.8. The summed E-state index contributed by atoms with van der Waals surface area (Å²) >= 11 is 1.13. The van der Waals surface area contributed by atoms with E-state index in [4.69, 9.17) is 10.2 Å². The molecule has 118 valence electrons. The number of aromatic nitrogens is 2. The highest BCUT2D eigenvalue weighted by Crippen LogP contribution is 2.21. The molecule has 1 aliphatic rings. The van der Waals surface area contributed by atoms with Crippen LogP contribution in [-0.2, 0) is 21.2 Å². The number of hydrogen-bond donors (Lipinski definition) is 1. The zero-order valence-electron chi connectivity index (χ0n) is 11.7. The number of nitrogens with zero attached hydrogens (tertiary/aromatic N) is 3. The number of sulfone groups is 1. The molecule has 21 heavy (non-hydrogen) atoms. The summed E-state index contributed by atoms with van der Waals surface area (Å²) in [6.45, 7) is 2.48. The summed E-state index contributed by atoms with van der Waals surface area (Å²) in [6.07, 6.45) is 0.504. The normalized spacial score (nSPS) is 20.6. The number of carbonyl (C=O) groups excluding carboxylic acids is 1. The van der Waals surface area contributed by atoms with Gasteiger partial charge in [0.15, 0.2) is 9.84 Å². The summed E-state index contributed by atoms with van der Waals surface area (Å²) in [5, 5.41) is 7.76. The first-order chi connectivity index (χ1) is 9.95. The second kappa shape index (κ2) is 6.75. The predicted octanol–water partition coefficient (Wildman–Crippen LogP) is -0.344. The van der Waals surface area contributed by atoms with E-state index < -0.39 is 9.84 Å². The highest BCUT2D eigenvalue weighted by molar-refractivity contribution is 7.99. The second-order valence-electron chi connectivity index (χ2n) is 4.69. The van der Waals surface area contributed by atoms with Gasteiger partial charge in [0, 0.05) is 12.6 Å². The third-order valence-electron chi connectivity index (χ3n) is 3.25. The van der Waals surface area contributed by atoms with Gasteiger partial charge >= 0.3 is 0 Å². The van der Waals surface area contributed by atoms with Crippen molar-refractivity contribution >= 4 is 27.5 Å². The van der Waals surface area contributed by atoms with E-state index in [1.807, 2.05) is 6.92 Å². The highest BCUT2D eigenvalue weighted by Gasteiger charge is 2.33. The van der Waals surface area contributed by atoms with Crippen molar-refractivity contribution in [3.63, 3.8) is 0 Å². The van der Waals surface area contributed by atoms with Crippen molar-refractivity contribution < 1.29 is 17.6 Å². The molecule has 1 aromatic rings. The molecule has 2 N–H and O–H groups in total. The van der Waals surface area contributed by atoms with Crippen molar-refractivity contribution in [1.29, 1.82) is 0 Å². The fourth-order valence-corrected chi connectivity index (χ4v) is 4.64.